The van der Waals surface area contributed by atoms with Gasteiger partial charge in [0.2, 0.25) is 0 Å². The highest BCUT2D eigenvalue weighted by atomic mass is 19.1. The van der Waals surface area contributed by atoms with Gasteiger partial charge in [-0.05, 0) is 43.9 Å². The van der Waals surface area contributed by atoms with Gasteiger partial charge in [0, 0.05) is 12.1 Å². The third-order valence-electron chi connectivity index (χ3n) is 3.30. The normalized spacial score (nSPS) is 13.9. The average Bonchev–Trinajstić information content (AvgIpc) is 2.36. The molecule has 118 valence electrons. The minimum absolute atomic E-state index is 0.0283. The van der Waals surface area contributed by atoms with E-state index < -0.39 is 5.82 Å². The Morgan fingerprint density at radius 2 is 2.00 bits per heavy atom. The number of benzene rings is 1. The minimum Gasteiger partial charge on any atom is -0.481 e. The minimum atomic E-state index is -0.474. The second-order valence-corrected chi connectivity index (χ2v) is 5.84. The highest BCUT2D eigenvalue weighted by Crippen LogP contribution is 2.19. The molecule has 0 radical (unpaired) electrons. The Morgan fingerprint density at radius 3 is 2.52 bits per heavy atom. The highest BCUT2D eigenvalue weighted by Gasteiger charge is 2.12. The maximum atomic E-state index is 13.8. The summed E-state index contributed by atoms with van der Waals surface area (Å²) in [6, 6.07) is 4.72. The van der Waals surface area contributed by atoms with Crippen molar-refractivity contribution in [2.75, 3.05) is 6.61 Å². The van der Waals surface area contributed by atoms with E-state index in [2.05, 4.69) is 5.32 Å². The summed E-state index contributed by atoms with van der Waals surface area (Å²) in [5.41, 5.74) is 6.49. The summed E-state index contributed by atoms with van der Waals surface area (Å²) in [6.45, 7) is 7.63. The van der Waals surface area contributed by atoms with Gasteiger partial charge in [0.25, 0.3) is 5.91 Å². The molecule has 1 amide bonds. The van der Waals surface area contributed by atoms with E-state index >= 15 is 0 Å². The molecule has 0 heterocycles. The van der Waals surface area contributed by atoms with Crippen LogP contribution in [0, 0.1) is 11.7 Å². The van der Waals surface area contributed by atoms with Gasteiger partial charge in [-0.3, -0.25) is 4.79 Å². The number of nitrogens with two attached hydrogens (primary N) is 1. The maximum absolute atomic E-state index is 13.8. The number of hydrogen-bond donors (Lipinski definition) is 2. The number of halogens is 1. The molecule has 0 saturated heterocycles. The fraction of sp³-hybridized carbons (Fsp3) is 0.562. The summed E-state index contributed by atoms with van der Waals surface area (Å²) in [6.07, 6.45) is 0.601. The zero-order valence-electron chi connectivity index (χ0n) is 13.2. The molecule has 0 aliphatic heterocycles. The van der Waals surface area contributed by atoms with Crippen LogP contribution < -0.4 is 15.8 Å². The van der Waals surface area contributed by atoms with Crippen molar-refractivity contribution >= 4 is 5.91 Å². The quantitative estimate of drug-likeness (QED) is 0.811. The SMILES string of the molecule is CC(N)Cc1ccc(OCC(=O)NC(C)C(C)C)c(F)c1. The van der Waals surface area contributed by atoms with Crippen molar-refractivity contribution in [2.24, 2.45) is 11.7 Å². The molecule has 0 aliphatic rings. The number of amides is 1. The summed E-state index contributed by atoms with van der Waals surface area (Å²) in [7, 11) is 0. The number of ether oxygens (including phenoxy) is 1. The third kappa shape index (κ3) is 6.12. The Hall–Kier alpha value is -1.62. The lowest BCUT2D eigenvalue weighted by Gasteiger charge is -2.17. The molecule has 1 rings (SSSR count). The number of carbonyl (C=O) groups is 1. The third-order valence-corrected chi connectivity index (χ3v) is 3.30. The van der Waals surface area contributed by atoms with Gasteiger partial charge < -0.3 is 15.8 Å². The standard InChI is InChI=1S/C16H25FN2O2/c1-10(2)12(4)19-16(20)9-21-15-6-5-13(7-11(3)18)8-14(15)17/h5-6,8,10-12H,7,9,18H2,1-4H3,(H,19,20). The van der Waals surface area contributed by atoms with Crippen molar-refractivity contribution < 1.29 is 13.9 Å². The molecule has 0 spiro atoms. The molecule has 1 aromatic carbocycles. The first kappa shape index (κ1) is 17.4. The first-order valence-electron chi connectivity index (χ1n) is 7.25. The van der Waals surface area contributed by atoms with E-state index in [1.54, 1.807) is 6.07 Å². The fourth-order valence-corrected chi connectivity index (χ4v) is 1.77. The van der Waals surface area contributed by atoms with Crippen LogP contribution in [0.2, 0.25) is 0 Å². The molecule has 21 heavy (non-hydrogen) atoms. The molecule has 0 fully saturated rings. The Bertz CT molecular complexity index is 475. The Labute approximate surface area is 125 Å². The van der Waals surface area contributed by atoms with Gasteiger partial charge in [-0.15, -0.1) is 0 Å². The average molecular weight is 296 g/mol. The van der Waals surface area contributed by atoms with Crippen LogP contribution in [0.3, 0.4) is 0 Å². The van der Waals surface area contributed by atoms with Gasteiger partial charge in [-0.1, -0.05) is 19.9 Å². The molecule has 0 saturated carbocycles. The van der Waals surface area contributed by atoms with Gasteiger partial charge in [0.15, 0.2) is 18.2 Å². The van der Waals surface area contributed by atoms with Crippen LogP contribution in [0.25, 0.3) is 0 Å². The van der Waals surface area contributed by atoms with Gasteiger partial charge >= 0.3 is 0 Å². The molecular formula is C16H25FN2O2. The number of nitrogens with one attached hydrogen (secondary N) is 1. The number of carbonyl (C=O) groups excluding carboxylic acids is 1. The lowest BCUT2D eigenvalue weighted by atomic mass is 10.1. The number of hydrogen-bond acceptors (Lipinski definition) is 3. The van der Waals surface area contributed by atoms with E-state index in [1.807, 2.05) is 27.7 Å². The second kappa shape index (κ2) is 7.98. The van der Waals surface area contributed by atoms with Crippen molar-refractivity contribution in [3.8, 4) is 5.75 Å². The van der Waals surface area contributed by atoms with Crippen molar-refractivity contribution in [1.82, 2.24) is 5.32 Å². The van der Waals surface area contributed by atoms with E-state index in [0.717, 1.165) is 5.56 Å². The van der Waals surface area contributed by atoms with E-state index in [0.29, 0.717) is 12.3 Å². The van der Waals surface area contributed by atoms with Gasteiger partial charge in [0.05, 0.1) is 0 Å². The van der Waals surface area contributed by atoms with Crippen molar-refractivity contribution in [3.63, 3.8) is 0 Å². The molecular weight excluding hydrogens is 271 g/mol. The fourth-order valence-electron chi connectivity index (χ4n) is 1.77. The van der Waals surface area contributed by atoms with Crippen molar-refractivity contribution in [3.05, 3.63) is 29.6 Å². The lowest BCUT2D eigenvalue weighted by molar-refractivity contribution is -0.124. The largest absolute Gasteiger partial charge is 0.481 e. The number of rotatable bonds is 7. The molecule has 4 nitrogen and oxygen atoms in total. The first-order chi connectivity index (χ1) is 9.79. The van der Waals surface area contributed by atoms with Crippen LogP contribution in [0.1, 0.15) is 33.3 Å². The van der Waals surface area contributed by atoms with Crippen LogP contribution in [-0.2, 0) is 11.2 Å². The second-order valence-electron chi connectivity index (χ2n) is 5.84. The predicted molar refractivity (Wildman–Crippen MR) is 81.7 cm³/mol. The van der Waals surface area contributed by atoms with Crippen LogP contribution in [0.5, 0.6) is 5.75 Å². The van der Waals surface area contributed by atoms with E-state index in [4.69, 9.17) is 10.5 Å². The summed E-state index contributed by atoms with van der Waals surface area (Å²) < 4.78 is 19.1. The van der Waals surface area contributed by atoms with E-state index in [9.17, 15) is 9.18 Å². The Balaban J connectivity index is 2.54. The summed E-state index contributed by atoms with van der Waals surface area (Å²) >= 11 is 0. The first-order valence-corrected chi connectivity index (χ1v) is 7.25. The van der Waals surface area contributed by atoms with Gasteiger partial charge in [-0.25, -0.2) is 4.39 Å². The van der Waals surface area contributed by atoms with E-state index in [-0.39, 0.29) is 30.3 Å². The molecule has 2 unspecified atom stereocenters. The summed E-state index contributed by atoms with van der Waals surface area (Å²) in [5, 5.41) is 2.80. The molecule has 5 heteroatoms. The molecule has 0 aliphatic carbocycles. The van der Waals surface area contributed by atoms with E-state index in [1.165, 1.54) is 12.1 Å². The molecule has 1 aromatic rings. The zero-order chi connectivity index (χ0) is 16.0. The Morgan fingerprint density at radius 1 is 1.33 bits per heavy atom. The van der Waals surface area contributed by atoms with Crippen molar-refractivity contribution in [2.45, 2.75) is 46.2 Å². The lowest BCUT2D eigenvalue weighted by Crippen LogP contribution is -2.39. The zero-order valence-corrected chi connectivity index (χ0v) is 13.2. The molecule has 2 atom stereocenters. The molecule has 0 aromatic heterocycles. The van der Waals surface area contributed by atoms with Crippen LogP contribution in [0.4, 0.5) is 4.39 Å². The molecule has 0 bridgehead atoms. The monoisotopic (exact) mass is 296 g/mol. The smallest absolute Gasteiger partial charge is 0.258 e. The van der Waals surface area contributed by atoms with Crippen molar-refractivity contribution in [1.29, 1.82) is 0 Å². The van der Waals surface area contributed by atoms with Gasteiger partial charge in [0.1, 0.15) is 0 Å². The molecule has 3 N–H and O–H groups in total. The van der Waals surface area contributed by atoms with Crippen LogP contribution in [0.15, 0.2) is 18.2 Å². The van der Waals surface area contributed by atoms with Gasteiger partial charge in [-0.2, -0.15) is 0 Å². The Kier molecular flexibility index (Phi) is 6.62. The van der Waals surface area contributed by atoms with Crippen LogP contribution in [-0.4, -0.2) is 24.6 Å². The predicted octanol–water partition coefficient (Wildman–Crippen LogP) is 2.25. The summed E-state index contributed by atoms with van der Waals surface area (Å²) in [4.78, 5) is 11.7. The maximum Gasteiger partial charge on any atom is 0.258 e. The summed E-state index contributed by atoms with van der Waals surface area (Å²) in [5.74, 6) is -0.313. The highest BCUT2D eigenvalue weighted by molar-refractivity contribution is 5.77. The topological polar surface area (TPSA) is 64.3 Å². The van der Waals surface area contributed by atoms with Crippen LogP contribution >= 0.6 is 0 Å².